The van der Waals surface area contributed by atoms with E-state index in [1.165, 1.54) is 11.1 Å². The van der Waals surface area contributed by atoms with Crippen molar-refractivity contribution in [3.63, 3.8) is 0 Å². The molecule has 3 aliphatic heterocycles. The van der Waals surface area contributed by atoms with Crippen LogP contribution in [0.5, 0.6) is 5.75 Å². The van der Waals surface area contributed by atoms with Crippen molar-refractivity contribution in [1.82, 2.24) is 4.90 Å². The second-order valence-corrected chi connectivity index (χ2v) is 12.4. The highest BCUT2D eigenvalue weighted by Crippen LogP contribution is 2.63. The number of para-hydroxylation sites is 1. The summed E-state index contributed by atoms with van der Waals surface area (Å²) in [5.41, 5.74) is 1.96. The molecule has 7 nitrogen and oxygen atoms in total. The van der Waals surface area contributed by atoms with Crippen molar-refractivity contribution in [2.45, 2.75) is 68.9 Å². The van der Waals surface area contributed by atoms with Gasteiger partial charge in [-0.25, -0.2) is 0 Å². The van der Waals surface area contributed by atoms with E-state index < -0.39 is 29.1 Å². The van der Waals surface area contributed by atoms with Gasteiger partial charge in [0.05, 0.1) is 12.0 Å². The Kier molecular flexibility index (Phi) is 5.15. The van der Waals surface area contributed by atoms with Gasteiger partial charge in [-0.2, -0.15) is 0 Å². The van der Waals surface area contributed by atoms with E-state index in [0.29, 0.717) is 18.6 Å². The summed E-state index contributed by atoms with van der Waals surface area (Å²) in [6.45, 7) is 3.77. The van der Waals surface area contributed by atoms with E-state index in [-0.39, 0.29) is 42.3 Å². The molecule has 0 aromatic heterocycles. The number of nitrogens with zero attached hydrogens (tertiary/aromatic N) is 1. The lowest BCUT2D eigenvalue weighted by Gasteiger charge is -2.46. The van der Waals surface area contributed by atoms with E-state index in [2.05, 4.69) is 36.4 Å². The normalized spacial score (nSPS) is 33.6. The number of esters is 2. The molecule has 3 aliphatic carbocycles. The summed E-state index contributed by atoms with van der Waals surface area (Å²) in [5.74, 6) is -1.45. The second kappa shape index (κ2) is 8.52. The molecule has 6 aliphatic rings. The Balaban J connectivity index is 1.16. The first-order valence-corrected chi connectivity index (χ1v) is 14.5. The number of carbonyl (C=O) groups excluding carboxylic acids is 3. The Bertz CT molecular complexity index is 1550. The first-order valence-electron chi connectivity index (χ1n) is 14.5. The zero-order chi connectivity index (χ0) is 28.1. The molecule has 3 aromatic rings. The lowest BCUT2D eigenvalue weighted by molar-refractivity contribution is -0.198. The molecular weight excluding hydrogens is 518 g/mol. The van der Waals surface area contributed by atoms with Gasteiger partial charge in [0.15, 0.2) is 5.41 Å². The van der Waals surface area contributed by atoms with Gasteiger partial charge in [0.1, 0.15) is 11.9 Å². The highest BCUT2D eigenvalue weighted by molar-refractivity contribution is 6.07. The maximum Gasteiger partial charge on any atom is 0.330 e. The number of carbonyl (C=O) groups is 3. The molecule has 0 N–H and O–H groups in total. The highest BCUT2D eigenvalue weighted by atomic mass is 16.6. The molecule has 0 saturated carbocycles. The molecule has 0 radical (unpaired) electrons. The maximum atomic E-state index is 14.3. The molecule has 5 unspecified atom stereocenters. The Morgan fingerprint density at radius 1 is 0.878 bits per heavy atom. The highest BCUT2D eigenvalue weighted by Gasteiger charge is 2.82. The number of hydrogen-bond donors (Lipinski definition) is 0. The van der Waals surface area contributed by atoms with Gasteiger partial charge in [0, 0.05) is 30.7 Å². The number of hydrogen-bond acceptors (Lipinski definition) is 6. The lowest BCUT2D eigenvalue weighted by Crippen LogP contribution is -2.57. The van der Waals surface area contributed by atoms with Crippen molar-refractivity contribution in [3.8, 4) is 5.75 Å². The number of ether oxygens (including phenoxy) is 3. The van der Waals surface area contributed by atoms with Crippen LogP contribution >= 0.6 is 0 Å². The van der Waals surface area contributed by atoms with Crippen molar-refractivity contribution in [2.24, 2.45) is 11.3 Å². The molecule has 208 valence electrons. The van der Waals surface area contributed by atoms with Gasteiger partial charge in [0.25, 0.3) is 0 Å². The van der Waals surface area contributed by atoms with Gasteiger partial charge >= 0.3 is 11.9 Å². The van der Waals surface area contributed by atoms with Gasteiger partial charge in [-0.1, -0.05) is 66.7 Å². The van der Waals surface area contributed by atoms with Crippen LogP contribution in [-0.2, 0) is 23.9 Å². The fraction of sp³-hybridized carbons (Fsp3) is 0.382. The minimum Gasteiger partial charge on any atom is -0.435 e. The third-order valence-electron chi connectivity index (χ3n) is 9.98. The summed E-state index contributed by atoms with van der Waals surface area (Å²) in [4.78, 5) is 43.9. The van der Waals surface area contributed by atoms with Crippen molar-refractivity contribution in [3.05, 3.63) is 101 Å². The van der Waals surface area contributed by atoms with E-state index in [4.69, 9.17) is 14.2 Å². The second-order valence-electron chi connectivity index (χ2n) is 12.4. The average molecular weight is 550 g/mol. The van der Waals surface area contributed by atoms with Gasteiger partial charge in [-0.15, -0.1) is 0 Å². The number of rotatable bonds is 5. The van der Waals surface area contributed by atoms with Gasteiger partial charge < -0.3 is 14.2 Å². The monoisotopic (exact) mass is 549 g/mol. The third-order valence-corrected chi connectivity index (χ3v) is 9.98. The number of amides is 1. The van der Waals surface area contributed by atoms with E-state index in [1.807, 2.05) is 32.0 Å². The van der Waals surface area contributed by atoms with Crippen LogP contribution in [0.15, 0.2) is 78.9 Å². The van der Waals surface area contributed by atoms with Crippen molar-refractivity contribution in [2.75, 3.05) is 0 Å². The molecule has 41 heavy (non-hydrogen) atoms. The van der Waals surface area contributed by atoms with E-state index in [1.54, 1.807) is 29.2 Å². The molecule has 4 bridgehead atoms. The average Bonchev–Trinajstić information content (AvgIpc) is 3.57. The predicted molar refractivity (Wildman–Crippen MR) is 148 cm³/mol. The van der Waals surface area contributed by atoms with Crippen LogP contribution in [0.25, 0.3) is 0 Å². The van der Waals surface area contributed by atoms with Gasteiger partial charge in [-0.05, 0) is 54.7 Å². The van der Waals surface area contributed by atoms with Gasteiger partial charge in [0.2, 0.25) is 11.6 Å². The predicted octanol–water partition coefficient (Wildman–Crippen LogP) is 4.93. The molecule has 7 heteroatoms. The van der Waals surface area contributed by atoms with Crippen LogP contribution in [0.4, 0.5) is 0 Å². The van der Waals surface area contributed by atoms with Crippen LogP contribution in [0.2, 0.25) is 0 Å². The Hall–Kier alpha value is -3.97. The van der Waals surface area contributed by atoms with Crippen LogP contribution in [-0.4, -0.2) is 46.7 Å². The van der Waals surface area contributed by atoms with E-state index in [9.17, 15) is 14.4 Å². The topological polar surface area (TPSA) is 82.1 Å². The molecular formula is C34H31NO6. The Morgan fingerprint density at radius 2 is 1.49 bits per heavy atom. The first kappa shape index (κ1) is 24.8. The summed E-state index contributed by atoms with van der Waals surface area (Å²) < 4.78 is 18.6. The molecule has 5 atom stereocenters. The zero-order valence-corrected chi connectivity index (χ0v) is 23.0. The van der Waals surface area contributed by atoms with E-state index in [0.717, 1.165) is 11.1 Å². The summed E-state index contributed by atoms with van der Waals surface area (Å²) in [7, 11) is 0. The fourth-order valence-electron chi connectivity index (χ4n) is 8.58. The van der Waals surface area contributed by atoms with Crippen LogP contribution in [0.1, 0.15) is 67.2 Å². The fourth-order valence-corrected chi connectivity index (χ4v) is 8.58. The van der Waals surface area contributed by atoms with Crippen LogP contribution in [0.3, 0.4) is 0 Å². The third kappa shape index (κ3) is 3.15. The maximum absolute atomic E-state index is 14.3. The molecule has 3 heterocycles. The van der Waals surface area contributed by atoms with Crippen molar-refractivity contribution >= 4 is 17.8 Å². The summed E-state index contributed by atoms with van der Waals surface area (Å²) in [6.07, 6.45) is -0.0934. The zero-order valence-electron chi connectivity index (χ0n) is 23.0. The van der Waals surface area contributed by atoms with Crippen molar-refractivity contribution < 1.29 is 28.6 Å². The van der Waals surface area contributed by atoms with Gasteiger partial charge in [-0.3, -0.25) is 19.3 Å². The smallest absolute Gasteiger partial charge is 0.330 e. The Morgan fingerprint density at radius 3 is 2.10 bits per heavy atom. The standard InChI is InChI=1S/C34H31NO6/c1-19(2)35-31(37)33(32(38)40-20-10-4-3-5-11-20)17-21-18-34(35,30(33)39-21)41-29(36)27-16-26-22-12-6-8-14-24(22)28(27)25-15-9-7-13-23(25)26/h3-15,19,21,26-28,30H,16-18H2,1-2H3. The SMILES string of the molecule is CC(C)N1C(=O)C2(C(=O)Oc3ccccc3)CC3CC1(OC(=O)C1CC4c5ccccc5C1c1ccccc14)C2O3. The van der Waals surface area contributed by atoms with Crippen molar-refractivity contribution in [1.29, 1.82) is 0 Å². The summed E-state index contributed by atoms with van der Waals surface area (Å²) >= 11 is 0. The molecule has 3 saturated heterocycles. The van der Waals surface area contributed by atoms with Crippen LogP contribution < -0.4 is 4.74 Å². The quantitative estimate of drug-likeness (QED) is 0.255. The number of benzene rings is 3. The summed E-state index contributed by atoms with van der Waals surface area (Å²) in [5, 5.41) is 0. The molecule has 9 rings (SSSR count). The largest absolute Gasteiger partial charge is 0.435 e. The Labute approximate surface area is 238 Å². The molecule has 3 fully saturated rings. The van der Waals surface area contributed by atoms with E-state index >= 15 is 0 Å². The first-order chi connectivity index (χ1) is 19.8. The van der Waals surface area contributed by atoms with Crippen LogP contribution in [0, 0.1) is 11.3 Å². The number of likely N-dealkylation sites (tertiary alicyclic amines) is 1. The number of fused-ring (bicyclic) bond motifs is 2. The minimum atomic E-state index is -1.55. The molecule has 3 aromatic carbocycles. The lowest BCUT2D eigenvalue weighted by atomic mass is 9.59. The summed E-state index contributed by atoms with van der Waals surface area (Å²) in [6, 6.07) is 25.1. The minimum absolute atomic E-state index is 0.102. The molecule has 0 spiro atoms. The molecule has 1 amide bonds.